The van der Waals surface area contributed by atoms with Gasteiger partial charge in [-0.1, -0.05) is 6.92 Å². The van der Waals surface area contributed by atoms with Crippen LogP contribution in [-0.2, 0) is 9.84 Å². The molecule has 0 bridgehead atoms. The maximum absolute atomic E-state index is 13.1. The summed E-state index contributed by atoms with van der Waals surface area (Å²) in [5.41, 5.74) is 4.66. The Kier molecular flexibility index (Phi) is 2.75. The van der Waals surface area contributed by atoms with E-state index in [-0.39, 0.29) is 5.75 Å². The van der Waals surface area contributed by atoms with Crippen LogP contribution in [0.2, 0.25) is 0 Å². The van der Waals surface area contributed by atoms with Gasteiger partial charge in [0.05, 0.1) is 11.4 Å². The van der Waals surface area contributed by atoms with Crippen LogP contribution in [0.3, 0.4) is 0 Å². The van der Waals surface area contributed by atoms with Gasteiger partial charge in [0, 0.05) is 0 Å². The predicted octanol–water partition coefficient (Wildman–Crippen LogP) is 1.34. The molecule has 0 saturated carbocycles. The number of hydrogen-bond acceptors (Lipinski definition) is 3. The Morgan fingerprint density at radius 2 is 1.86 bits per heavy atom. The second-order valence-electron chi connectivity index (χ2n) is 2.68. The topological polar surface area (TPSA) is 60.2 Å². The standard InChI is InChI=1S/C8H9F2NO2S/c1-2-14(12,13)6-4-3-5(11)7(9)8(6)10/h3-4H,2,11H2,1H3. The van der Waals surface area contributed by atoms with Gasteiger partial charge in [-0.05, 0) is 12.1 Å². The largest absolute Gasteiger partial charge is 0.396 e. The number of hydrogen-bond donors (Lipinski definition) is 1. The quantitative estimate of drug-likeness (QED) is 0.766. The van der Waals surface area contributed by atoms with Crippen molar-refractivity contribution >= 4 is 15.5 Å². The third-order valence-electron chi connectivity index (χ3n) is 1.79. The van der Waals surface area contributed by atoms with Gasteiger partial charge in [0.15, 0.2) is 21.5 Å². The van der Waals surface area contributed by atoms with Crippen molar-refractivity contribution in [2.75, 3.05) is 11.5 Å². The first kappa shape index (κ1) is 10.9. The molecule has 0 heterocycles. The number of nitrogens with two attached hydrogens (primary N) is 1. The highest BCUT2D eigenvalue weighted by Gasteiger charge is 2.21. The Morgan fingerprint density at radius 1 is 1.29 bits per heavy atom. The molecule has 1 rings (SSSR count). The lowest BCUT2D eigenvalue weighted by Gasteiger charge is -2.04. The minimum atomic E-state index is -3.74. The van der Waals surface area contributed by atoms with Crippen molar-refractivity contribution in [3.05, 3.63) is 23.8 Å². The molecule has 2 N–H and O–H groups in total. The van der Waals surface area contributed by atoms with E-state index in [0.717, 1.165) is 12.1 Å². The third-order valence-corrected chi connectivity index (χ3v) is 3.54. The Labute approximate surface area is 80.5 Å². The molecule has 0 saturated heterocycles. The molecule has 0 fully saturated rings. The molecule has 1 aromatic carbocycles. The van der Waals surface area contributed by atoms with E-state index < -0.39 is 32.1 Å². The van der Waals surface area contributed by atoms with Crippen molar-refractivity contribution in [1.29, 1.82) is 0 Å². The minimum Gasteiger partial charge on any atom is -0.396 e. The smallest absolute Gasteiger partial charge is 0.183 e. The Hall–Kier alpha value is -1.17. The fourth-order valence-corrected chi connectivity index (χ4v) is 1.89. The molecule has 14 heavy (non-hydrogen) atoms. The summed E-state index contributed by atoms with van der Waals surface area (Å²) >= 11 is 0. The first-order chi connectivity index (χ1) is 6.40. The van der Waals surface area contributed by atoms with E-state index >= 15 is 0 Å². The number of halogens is 2. The molecule has 0 aromatic heterocycles. The number of sulfone groups is 1. The summed E-state index contributed by atoms with van der Waals surface area (Å²) in [5.74, 6) is -3.01. The fourth-order valence-electron chi connectivity index (χ4n) is 0.942. The van der Waals surface area contributed by atoms with Gasteiger partial charge in [0.1, 0.15) is 4.90 Å². The lowest BCUT2D eigenvalue weighted by molar-refractivity contribution is 0.488. The summed E-state index contributed by atoms with van der Waals surface area (Å²) in [5, 5.41) is 0. The van der Waals surface area contributed by atoms with Crippen molar-refractivity contribution in [1.82, 2.24) is 0 Å². The number of nitrogen functional groups attached to an aromatic ring is 1. The van der Waals surface area contributed by atoms with Crippen LogP contribution < -0.4 is 5.73 Å². The lowest BCUT2D eigenvalue weighted by Crippen LogP contribution is -2.08. The molecule has 0 spiro atoms. The lowest BCUT2D eigenvalue weighted by atomic mass is 10.3. The maximum Gasteiger partial charge on any atom is 0.183 e. The van der Waals surface area contributed by atoms with Crippen molar-refractivity contribution in [3.63, 3.8) is 0 Å². The van der Waals surface area contributed by atoms with E-state index in [4.69, 9.17) is 5.73 Å². The molecule has 0 radical (unpaired) electrons. The van der Waals surface area contributed by atoms with Crippen molar-refractivity contribution in [3.8, 4) is 0 Å². The average Bonchev–Trinajstić information content (AvgIpc) is 2.14. The van der Waals surface area contributed by atoms with Gasteiger partial charge in [0.25, 0.3) is 0 Å². The average molecular weight is 221 g/mol. The molecule has 0 aliphatic heterocycles. The Morgan fingerprint density at radius 3 is 2.36 bits per heavy atom. The second kappa shape index (κ2) is 3.53. The maximum atomic E-state index is 13.1. The summed E-state index contributed by atoms with van der Waals surface area (Å²) < 4.78 is 48.5. The van der Waals surface area contributed by atoms with Crippen LogP contribution in [0.4, 0.5) is 14.5 Å². The summed E-state index contributed by atoms with van der Waals surface area (Å²) in [4.78, 5) is -0.647. The summed E-state index contributed by atoms with van der Waals surface area (Å²) in [6.07, 6.45) is 0. The monoisotopic (exact) mass is 221 g/mol. The highest BCUT2D eigenvalue weighted by molar-refractivity contribution is 7.91. The van der Waals surface area contributed by atoms with Crippen molar-refractivity contribution < 1.29 is 17.2 Å². The van der Waals surface area contributed by atoms with E-state index in [1.807, 2.05) is 0 Å². The van der Waals surface area contributed by atoms with Gasteiger partial charge < -0.3 is 5.73 Å². The number of rotatable bonds is 2. The number of anilines is 1. The Balaban J connectivity index is 3.47. The molecular weight excluding hydrogens is 212 g/mol. The van der Waals surface area contributed by atoms with Crippen LogP contribution in [-0.4, -0.2) is 14.2 Å². The Bertz CT molecular complexity index is 457. The summed E-state index contributed by atoms with van der Waals surface area (Å²) in [6, 6.07) is 1.99. The molecule has 6 heteroatoms. The van der Waals surface area contributed by atoms with E-state index in [1.54, 1.807) is 0 Å². The van der Waals surface area contributed by atoms with E-state index in [1.165, 1.54) is 6.92 Å². The SMILES string of the molecule is CCS(=O)(=O)c1ccc(N)c(F)c1F. The second-order valence-corrected chi connectivity index (χ2v) is 4.93. The van der Waals surface area contributed by atoms with Crippen LogP contribution in [0.1, 0.15) is 6.92 Å². The van der Waals surface area contributed by atoms with Crippen LogP contribution >= 0.6 is 0 Å². The van der Waals surface area contributed by atoms with Crippen molar-refractivity contribution in [2.45, 2.75) is 11.8 Å². The third kappa shape index (κ3) is 1.70. The van der Waals surface area contributed by atoms with Gasteiger partial charge in [0.2, 0.25) is 0 Å². The van der Waals surface area contributed by atoms with E-state index in [0.29, 0.717) is 0 Å². The zero-order chi connectivity index (χ0) is 10.9. The highest BCUT2D eigenvalue weighted by atomic mass is 32.2. The molecule has 0 amide bonds. The van der Waals surface area contributed by atoms with Gasteiger partial charge in [-0.25, -0.2) is 17.2 Å². The molecule has 0 aliphatic rings. The molecule has 3 nitrogen and oxygen atoms in total. The van der Waals surface area contributed by atoms with Crippen molar-refractivity contribution in [2.24, 2.45) is 0 Å². The molecule has 0 unspecified atom stereocenters. The fraction of sp³-hybridized carbons (Fsp3) is 0.250. The summed E-state index contributed by atoms with van der Waals surface area (Å²) in [7, 11) is -3.74. The van der Waals surface area contributed by atoms with Crippen LogP contribution in [0, 0.1) is 11.6 Å². The zero-order valence-corrected chi connectivity index (χ0v) is 8.24. The van der Waals surface area contributed by atoms with Crippen LogP contribution in [0.25, 0.3) is 0 Å². The van der Waals surface area contributed by atoms with Gasteiger partial charge in [-0.15, -0.1) is 0 Å². The molecule has 0 aliphatic carbocycles. The first-order valence-corrected chi connectivity index (χ1v) is 5.51. The summed E-state index contributed by atoms with van der Waals surface area (Å²) in [6.45, 7) is 1.35. The highest BCUT2D eigenvalue weighted by Crippen LogP contribution is 2.22. The van der Waals surface area contributed by atoms with Gasteiger partial charge in [-0.2, -0.15) is 0 Å². The molecule has 1 aromatic rings. The van der Waals surface area contributed by atoms with E-state index in [9.17, 15) is 17.2 Å². The van der Waals surface area contributed by atoms with Gasteiger partial charge in [-0.3, -0.25) is 0 Å². The minimum absolute atomic E-state index is 0.284. The molecule has 78 valence electrons. The predicted molar refractivity (Wildman–Crippen MR) is 48.5 cm³/mol. The van der Waals surface area contributed by atoms with E-state index in [2.05, 4.69) is 0 Å². The molecule has 0 atom stereocenters. The first-order valence-electron chi connectivity index (χ1n) is 3.86. The number of benzene rings is 1. The normalized spacial score (nSPS) is 11.6. The molecular formula is C8H9F2NO2S. The van der Waals surface area contributed by atoms with Crippen LogP contribution in [0.15, 0.2) is 17.0 Å². The van der Waals surface area contributed by atoms with Crippen LogP contribution in [0.5, 0.6) is 0 Å². The van der Waals surface area contributed by atoms with Gasteiger partial charge >= 0.3 is 0 Å². The zero-order valence-electron chi connectivity index (χ0n) is 7.42.